The van der Waals surface area contributed by atoms with Crippen LogP contribution in [-0.2, 0) is 11.2 Å². The summed E-state index contributed by atoms with van der Waals surface area (Å²) in [5.74, 6) is 1.07. The molecule has 0 aliphatic heterocycles. The van der Waals surface area contributed by atoms with Gasteiger partial charge in [0.1, 0.15) is 12.4 Å². The van der Waals surface area contributed by atoms with Crippen molar-refractivity contribution >= 4 is 34.7 Å². The van der Waals surface area contributed by atoms with Crippen LogP contribution in [0.25, 0.3) is 0 Å². The van der Waals surface area contributed by atoms with E-state index in [2.05, 4.69) is 32.3 Å². The zero-order valence-corrected chi connectivity index (χ0v) is 16.8. The predicted octanol–water partition coefficient (Wildman–Crippen LogP) is 3.91. The molecule has 1 amide bonds. The maximum atomic E-state index is 12.8. The van der Waals surface area contributed by atoms with Crippen LogP contribution in [-0.4, -0.2) is 33.0 Å². The van der Waals surface area contributed by atoms with E-state index in [1.165, 1.54) is 21.5 Å². The number of para-hydroxylation sites is 1. The molecule has 3 aromatic rings. The summed E-state index contributed by atoms with van der Waals surface area (Å²) in [6.45, 7) is 0.0301. The maximum absolute atomic E-state index is 12.8. The molecule has 0 spiro atoms. The van der Waals surface area contributed by atoms with Crippen molar-refractivity contribution in [3.63, 3.8) is 0 Å². The summed E-state index contributed by atoms with van der Waals surface area (Å²) in [5, 5.41) is 20.7. The Morgan fingerprint density at radius 1 is 1.25 bits per heavy atom. The third kappa shape index (κ3) is 4.26. The first-order valence-corrected chi connectivity index (χ1v) is 10.9. The lowest BCUT2D eigenvalue weighted by molar-refractivity contribution is -0.116. The minimum atomic E-state index is -0.108. The molecule has 0 radical (unpaired) electrons. The van der Waals surface area contributed by atoms with Gasteiger partial charge in [0, 0.05) is 23.0 Å². The van der Waals surface area contributed by atoms with Crippen molar-refractivity contribution in [2.24, 2.45) is 0 Å². The summed E-state index contributed by atoms with van der Waals surface area (Å²) in [5.41, 5.74) is 0.733. The molecule has 0 bridgehead atoms. The SMILES string of the molecule is N#CCN(C(=O)CSc1nnc(Cc2cccs2)n1C1CC1)c1ccccc1. The summed E-state index contributed by atoms with van der Waals surface area (Å²) in [6.07, 6.45) is 3.02. The highest BCUT2D eigenvalue weighted by molar-refractivity contribution is 7.99. The first-order chi connectivity index (χ1) is 13.8. The molecule has 1 saturated carbocycles. The van der Waals surface area contributed by atoms with Gasteiger partial charge in [-0.2, -0.15) is 5.26 Å². The highest BCUT2D eigenvalue weighted by atomic mass is 32.2. The zero-order valence-electron chi connectivity index (χ0n) is 15.2. The molecule has 0 N–H and O–H groups in total. The first kappa shape index (κ1) is 18.7. The summed E-state index contributed by atoms with van der Waals surface area (Å²) in [6, 6.07) is 16.0. The van der Waals surface area contributed by atoms with E-state index in [0.29, 0.717) is 6.04 Å². The van der Waals surface area contributed by atoms with Crippen molar-refractivity contribution in [2.45, 2.75) is 30.5 Å². The highest BCUT2D eigenvalue weighted by Gasteiger charge is 2.30. The van der Waals surface area contributed by atoms with Gasteiger partial charge in [-0.15, -0.1) is 21.5 Å². The fourth-order valence-electron chi connectivity index (χ4n) is 3.00. The van der Waals surface area contributed by atoms with Crippen molar-refractivity contribution in [1.29, 1.82) is 5.26 Å². The summed E-state index contributed by atoms with van der Waals surface area (Å²) < 4.78 is 2.19. The number of thiophene rings is 1. The second-order valence-electron chi connectivity index (χ2n) is 6.52. The van der Waals surface area contributed by atoms with Gasteiger partial charge in [-0.25, -0.2) is 0 Å². The summed E-state index contributed by atoms with van der Waals surface area (Å²) in [4.78, 5) is 15.5. The third-order valence-electron chi connectivity index (χ3n) is 4.48. The van der Waals surface area contributed by atoms with Gasteiger partial charge in [0.15, 0.2) is 5.16 Å². The lowest BCUT2D eigenvalue weighted by Crippen LogP contribution is -2.32. The van der Waals surface area contributed by atoms with Crippen LogP contribution in [0.4, 0.5) is 5.69 Å². The topological polar surface area (TPSA) is 74.8 Å². The normalized spacial score (nSPS) is 13.2. The number of nitriles is 1. The molecule has 0 unspecified atom stereocenters. The lowest BCUT2D eigenvalue weighted by Gasteiger charge is -2.19. The molecule has 1 fully saturated rings. The van der Waals surface area contributed by atoms with Crippen LogP contribution < -0.4 is 4.90 Å². The van der Waals surface area contributed by atoms with Crippen LogP contribution in [0.1, 0.15) is 29.6 Å². The molecule has 2 heterocycles. The van der Waals surface area contributed by atoms with Crippen LogP contribution in [0.15, 0.2) is 53.0 Å². The number of anilines is 1. The molecule has 0 saturated heterocycles. The average molecular weight is 410 g/mol. The molecular formula is C20H19N5OS2. The van der Waals surface area contributed by atoms with E-state index in [1.807, 2.05) is 36.4 Å². The van der Waals surface area contributed by atoms with Crippen molar-refractivity contribution in [3.8, 4) is 6.07 Å². The summed E-state index contributed by atoms with van der Waals surface area (Å²) >= 11 is 3.11. The fourth-order valence-corrected chi connectivity index (χ4v) is 4.60. The van der Waals surface area contributed by atoms with Gasteiger partial charge in [0.2, 0.25) is 5.91 Å². The smallest absolute Gasteiger partial charge is 0.238 e. The predicted molar refractivity (Wildman–Crippen MR) is 111 cm³/mol. The Kier molecular flexibility index (Phi) is 5.74. The number of rotatable bonds is 8. The molecule has 28 heavy (non-hydrogen) atoms. The van der Waals surface area contributed by atoms with E-state index in [1.54, 1.807) is 11.3 Å². The zero-order chi connectivity index (χ0) is 19.3. The Morgan fingerprint density at radius 2 is 2.07 bits per heavy atom. The van der Waals surface area contributed by atoms with Gasteiger partial charge in [-0.3, -0.25) is 9.69 Å². The van der Waals surface area contributed by atoms with E-state index >= 15 is 0 Å². The standard InChI is InChI=1S/C20H19N5OS2/c21-10-11-24(15-5-2-1-3-6-15)19(26)14-28-20-23-22-18(25(20)16-8-9-16)13-17-7-4-12-27-17/h1-7,12,16H,8-9,11,13-14H2. The molecule has 142 valence electrons. The molecule has 2 aromatic heterocycles. The Labute approximate surface area is 171 Å². The van der Waals surface area contributed by atoms with E-state index in [-0.39, 0.29) is 18.2 Å². The Hall–Kier alpha value is -2.63. The van der Waals surface area contributed by atoms with Gasteiger partial charge in [-0.1, -0.05) is 36.0 Å². The minimum Gasteiger partial charge on any atom is -0.303 e. The average Bonchev–Trinajstić information content (AvgIpc) is 3.27. The molecule has 8 heteroatoms. The Morgan fingerprint density at radius 3 is 2.75 bits per heavy atom. The number of hydrogen-bond acceptors (Lipinski definition) is 6. The lowest BCUT2D eigenvalue weighted by atomic mass is 10.3. The molecule has 1 aliphatic rings. The molecule has 1 aromatic carbocycles. The van der Waals surface area contributed by atoms with Crippen molar-refractivity contribution < 1.29 is 4.79 Å². The fraction of sp³-hybridized carbons (Fsp3) is 0.300. The first-order valence-electron chi connectivity index (χ1n) is 9.07. The van der Waals surface area contributed by atoms with E-state index in [4.69, 9.17) is 5.26 Å². The molecule has 4 rings (SSSR count). The van der Waals surface area contributed by atoms with Gasteiger partial charge in [0.05, 0.1) is 11.8 Å². The largest absolute Gasteiger partial charge is 0.303 e. The van der Waals surface area contributed by atoms with Crippen LogP contribution in [0, 0.1) is 11.3 Å². The summed E-state index contributed by atoms with van der Waals surface area (Å²) in [7, 11) is 0. The van der Waals surface area contributed by atoms with Gasteiger partial charge >= 0.3 is 0 Å². The molecular weight excluding hydrogens is 390 g/mol. The second kappa shape index (κ2) is 8.59. The number of carbonyl (C=O) groups excluding carboxylic acids is 1. The number of hydrogen-bond donors (Lipinski definition) is 0. The third-order valence-corrected chi connectivity index (χ3v) is 6.29. The number of thioether (sulfide) groups is 1. The maximum Gasteiger partial charge on any atom is 0.238 e. The van der Waals surface area contributed by atoms with Crippen molar-refractivity contribution in [2.75, 3.05) is 17.2 Å². The van der Waals surface area contributed by atoms with Crippen LogP contribution in [0.2, 0.25) is 0 Å². The number of benzene rings is 1. The van der Waals surface area contributed by atoms with Crippen LogP contribution >= 0.6 is 23.1 Å². The quantitative estimate of drug-likeness (QED) is 0.416. The van der Waals surface area contributed by atoms with E-state index in [9.17, 15) is 4.79 Å². The monoisotopic (exact) mass is 409 g/mol. The van der Waals surface area contributed by atoms with Gasteiger partial charge in [-0.05, 0) is 36.4 Å². The minimum absolute atomic E-state index is 0.0301. The second-order valence-corrected chi connectivity index (χ2v) is 8.49. The number of aromatic nitrogens is 3. The molecule has 1 aliphatic carbocycles. The number of nitrogens with zero attached hydrogens (tertiary/aromatic N) is 5. The Bertz CT molecular complexity index is 974. The Balaban J connectivity index is 1.47. The van der Waals surface area contributed by atoms with E-state index in [0.717, 1.165) is 35.9 Å². The highest BCUT2D eigenvalue weighted by Crippen LogP contribution is 2.39. The van der Waals surface area contributed by atoms with Crippen LogP contribution in [0.3, 0.4) is 0 Å². The number of carbonyl (C=O) groups is 1. The van der Waals surface area contributed by atoms with Crippen molar-refractivity contribution in [1.82, 2.24) is 14.8 Å². The van der Waals surface area contributed by atoms with Gasteiger partial charge < -0.3 is 4.57 Å². The molecule has 0 atom stereocenters. The number of amides is 1. The molecule has 6 nitrogen and oxygen atoms in total. The van der Waals surface area contributed by atoms with E-state index < -0.39 is 0 Å². The van der Waals surface area contributed by atoms with Gasteiger partial charge in [0.25, 0.3) is 0 Å². The van der Waals surface area contributed by atoms with Crippen LogP contribution in [0.5, 0.6) is 0 Å². The van der Waals surface area contributed by atoms with Crippen molar-refractivity contribution in [3.05, 3.63) is 58.5 Å².